The van der Waals surface area contributed by atoms with Crippen molar-refractivity contribution in [1.29, 1.82) is 0 Å². The number of thiophene rings is 1. The van der Waals surface area contributed by atoms with Gasteiger partial charge in [0.05, 0.1) is 18.5 Å². The molecule has 7 heteroatoms. The van der Waals surface area contributed by atoms with Crippen LogP contribution in [0.15, 0.2) is 34.2 Å². The third kappa shape index (κ3) is 3.31. The molecule has 136 valence electrons. The van der Waals surface area contributed by atoms with Crippen LogP contribution in [0.1, 0.15) is 22.4 Å². The first-order chi connectivity index (χ1) is 12.7. The molecule has 4 rings (SSSR count). The van der Waals surface area contributed by atoms with Crippen molar-refractivity contribution in [3.63, 3.8) is 0 Å². The summed E-state index contributed by atoms with van der Waals surface area (Å²) < 4.78 is 6.97. The van der Waals surface area contributed by atoms with E-state index in [1.165, 1.54) is 10.4 Å². The molecule has 0 amide bonds. The zero-order valence-corrected chi connectivity index (χ0v) is 16.8. The number of rotatable bonds is 6. The predicted octanol–water partition coefficient (Wildman–Crippen LogP) is 4.54. The quantitative estimate of drug-likeness (QED) is 0.445. The van der Waals surface area contributed by atoms with Crippen LogP contribution in [-0.2, 0) is 29.9 Å². The number of ether oxygens (including phenoxy) is 1. The Hall–Kier alpha value is -1.34. The van der Waals surface area contributed by atoms with E-state index in [9.17, 15) is 4.79 Å². The second kappa shape index (κ2) is 7.72. The number of thioether (sulfide) groups is 1. The maximum atomic E-state index is 13.2. The highest BCUT2D eigenvalue weighted by Crippen LogP contribution is 2.36. The summed E-state index contributed by atoms with van der Waals surface area (Å²) in [7, 11) is 1.65. The number of methoxy groups -OCH3 is 1. The number of benzene rings is 1. The molecule has 4 nitrogen and oxygen atoms in total. The van der Waals surface area contributed by atoms with E-state index in [0.29, 0.717) is 18.9 Å². The smallest absolute Gasteiger partial charge is 0.263 e. The Labute approximate surface area is 165 Å². The monoisotopic (exact) mass is 406 g/mol. The molecule has 0 spiro atoms. The highest BCUT2D eigenvalue weighted by Gasteiger charge is 2.23. The Morgan fingerprint density at radius 1 is 1.35 bits per heavy atom. The number of aryl methyl sites for hydroxylation is 2. The molecule has 26 heavy (non-hydrogen) atoms. The predicted molar refractivity (Wildman–Crippen MR) is 109 cm³/mol. The lowest BCUT2D eigenvalue weighted by Gasteiger charge is -2.12. The fourth-order valence-corrected chi connectivity index (χ4v) is 5.92. The van der Waals surface area contributed by atoms with Crippen molar-refractivity contribution in [1.82, 2.24) is 9.55 Å². The van der Waals surface area contributed by atoms with Crippen molar-refractivity contribution in [3.8, 4) is 0 Å². The van der Waals surface area contributed by atoms with Crippen LogP contribution in [0.25, 0.3) is 10.2 Å². The van der Waals surface area contributed by atoms with Gasteiger partial charge >= 0.3 is 0 Å². The Balaban J connectivity index is 1.75. The van der Waals surface area contributed by atoms with Crippen molar-refractivity contribution < 1.29 is 4.74 Å². The summed E-state index contributed by atoms with van der Waals surface area (Å²) in [4.78, 5) is 20.2. The van der Waals surface area contributed by atoms with Gasteiger partial charge in [-0.2, -0.15) is 0 Å². The van der Waals surface area contributed by atoms with Crippen molar-refractivity contribution in [2.75, 3.05) is 13.7 Å². The van der Waals surface area contributed by atoms with Crippen LogP contribution >= 0.6 is 34.7 Å². The molecule has 0 N–H and O–H groups in total. The second-order valence-electron chi connectivity index (χ2n) is 6.26. The van der Waals surface area contributed by atoms with Crippen LogP contribution in [0, 0.1) is 0 Å². The van der Waals surface area contributed by atoms with E-state index >= 15 is 0 Å². The lowest BCUT2D eigenvalue weighted by Crippen LogP contribution is -2.25. The van der Waals surface area contributed by atoms with Gasteiger partial charge in [-0.15, -0.1) is 11.3 Å². The molecular weight excluding hydrogens is 388 g/mol. The molecule has 1 aliphatic rings. The molecule has 0 saturated heterocycles. The average molecular weight is 407 g/mol. The summed E-state index contributed by atoms with van der Waals surface area (Å²) in [5.74, 6) is 0.676. The molecule has 0 aliphatic heterocycles. The van der Waals surface area contributed by atoms with Crippen molar-refractivity contribution in [2.24, 2.45) is 0 Å². The molecule has 0 atom stereocenters. The van der Waals surface area contributed by atoms with Crippen molar-refractivity contribution in [3.05, 3.63) is 55.6 Å². The first-order valence-electron chi connectivity index (χ1n) is 8.59. The lowest BCUT2D eigenvalue weighted by molar-refractivity contribution is 0.183. The summed E-state index contributed by atoms with van der Waals surface area (Å²) in [6.45, 7) is 0.993. The summed E-state index contributed by atoms with van der Waals surface area (Å²) in [5, 5.41) is 2.29. The maximum Gasteiger partial charge on any atom is 0.263 e. The molecule has 3 aromatic rings. The Kier molecular flexibility index (Phi) is 5.36. The molecule has 0 saturated carbocycles. The molecule has 0 fully saturated rings. The highest BCUT2D eigenvalue weighted by molar-refractivity contribution is 7.98. The topological polar surface area (TPSA) is 44.1 Å². The van der Waals surface area contributed by atoms with Gasteiger partial charge in [0.25, 0.3) is 5.56 Å². The van der Waals surface area contributed by atoms with E-state index in [2.05, 4.69) is 0 Å². The number of hydrogen-bond acceptors (Lipinski definition) is 5. The normalized spacial score (nSPS) is 13.5. The van der Waals surface area contributed by atoms with E-state index in [1.807, 2.05) is 24.3 Å². The van der Waals surface area contributed by atoms with E-state index in [4.69, 9.17) is 21.3 Å². The number of fused-ring (bicyclic) bond motifs is 3. The Morgan fingerprint density at radius 2 is 2.19 bits per heavy atom. The minimum Gasteiger partial charge on any atom is -0.383 e. The highest BCUT2D eigenvalue weighted by atomic mass is 35.5. The molecule has 2 aromatic heterocycles. The molecule has 2 heterocycles. The summed E-state index contributed by atoms with van der Waals surface area (Å²) >= 11 is 9.50. The number of aromatic nitrogens is 2. The van der Waals surface area contributed by atoms with Gasteiger partial charge in [0.2, 0.25) is 0 Å². The summed E-state index contributed by atoms with van der Waals surface area (Å²) in [6.07, 6.45) is 3.19. The number of hydrogen-bond donors (Lipinski definition) is 0. The van der Waals surface area contributed by atoms with Crippen LogP contribution in [0.2, 0.25) is 5.02 Å². The fraction of sp³-hybridized carbons (Fsp3) is 0.368. The van der Waals surface area contributed by atoms with Gasteiger partial charge in [0, 0.05) is 22.8 Å². The minimum atomic E-state index is 0.0631. The third-order valence-corrected chi connectivity index (χ3v) is 7.20. The van der Waals surface area contributed by atoms with Gasteiger partial charge in [-0.1, -0.05) is 41.6 Å². The van der Waals surface area contributed by atoms with Crippen LogP contribution in [0.4, 0.5) is 0 Å². The zero-order valence-electron chi connectivity index (χ0n) is 14.5. The van der Waals surface area contributed by atoms with Crippen LogP contribution in [0.5, 0.6) is 0 Å². The average Bonchev–Trinajstić information content (AvgIpc) is 3.21. The largest absolute Gasteiger partial charge is 0.383 e. The van der Waals surface area contributed by atoms with Gasteiger partial charge in [0.1, 0.15) is 4.83 Å². The SMILES string of the molecule is COCCn1c(SCc2ccccc2Cl)nc2sc3c(c2c1=O)CCC3. The van der Waals surface area contributed by atoms with Gasteiger partial charge in [-0.05, 0) is 36.5 Å². The number of nitrogens with zero attached hydrogens (tertiary/aromatic N) is 2. The molecule has 0 radical (unpaired) electrons. The fourth-order valence-electron chi connectivity index (χ4n) is 3.31. The zero-order chi connectivity index (χ0) is 18.1. The molecule has 0 bridgehead atoms. The third-order valence-electron chi connectivity index (χ3n) is 4.62. The van der Waals surface area contributed by atoms with Crippen molar-refractivity contribution >= 4 is 44.9 Å². The van der Waals surface area contributed by atoms with Crippen LogP contribution < -0.4 is 5.56 Å². The molecule has 0 unspecified atom stereocenters. The molecule has 1 aliphatic carbocycles. The minimum absolute atomic E-state index is 0.0631. The molecule has 1 aromatic carbocycles. The van der Waals surface area contributed by atoms with Gasteiger partial charge in [-0.25, -0.2) is 4.98 Å². The van der Waals surface area contributed by atoms with E-state index in [-0.39, 0.29) is 5.56 Å². The molecular formula is C19H19ClN2O2S2. The Bertz CT molecular complexity index is 1010. The summed E-state index contributed by atoms with van der Waals surface area (Å²) in [5.41, 5.74) is 2.32. The number of halogens is 1. The van der Waals surface area contributed by atoms with Gasteiger partial charge in [0.15, 0.2) is 5.16 Å². The summed E-state index contributed by atoms with van der Waals surface area (Å²) in [6, 6.07) is 7.78. The van der Waals surface area contributed by atoms with E-state index in [1.54, 1.807) is 34.8 Å². The first kappa shape index (κ1) is 18.0. The van der Waals surface area contributed by atoms with E-state index in [0.717, 1.165) is 45.2 Å². The van der Waals surface area contributed by atoms with Gasteiger partial charge in [-0.3, -0.25) is 9.36 Å². The maximum absolute atomic E-state index is 13.2. The van der Waals surface area contributed by atoms with Gasteiger partial charge < -0.3 is 4.74 Å². The van der Waals surface area contributed by atoms with Crippen LogP contribution in [0.3, 0.4) is 0 Å². The van der Waals surface area contributed by atoms with Crippen LogP contribution in [-0.4, -0.2) is 23.3 Å². The van der Waals surface area contributed by atoms with Crippen molar-refractivity contribution in [2.45, 2.75) is 36.7 Å². The lowest BCUT2D eigenvalue weighted by atomic mass is 10.2. The standard InChI is InChI=1S/C19H19ClN2O2S2/c1-24-10-9-22-18(23)16-13-6-4-8-15(13)26-17(16)21-19(22)25-11-12-5-2-3-7-14(12)20/h2-3,5,7H,4,6,8-11H2,1H3. The second-order valence-corrected chi connectivity index (χ2v) is 8.69. The Morgan fingerprint density at radius 3 is 3.00 bits per heavy atom. The van der Waals surface area contributed by atoms with E-state index < -0.39 is 0 Å². The first-order valence-corrected chi connectivity index (χ1v) is 10.8.